The van der Waals surface area contributed by atoms with Gasteiger partial charge in [0.2, 0.25) is 10.0 Å². The standard InChI is InChI=1S/C20H25N3O3S/c24-20(11-5-7-16-6-1-2-8-18(16)20)15-22-19-10-9-17(14-21-19)27(25,26)23-12-3-4-13-23/h1-2,6,8-10,14,24H,3-5,7,11-13,15H2,(H,21,22). The van der Waals surface area contributed by atoms with Crippen molar-refractivity contribution < 1.29 is 13.5 Å². The number of sulfonamides is 1. The number of benzene rings is 1. The van der Waals surface area contributed by atoms with Gasteiger partial charge in [-0.2, -0.15) is 4.31 Å². The van der Waals surface area contributed by atoms with Gasteiger partial charge in [-0.15, -0.1) is 0 Å². The lowest BCUT2D eigenvalue weighted by Crippen LogP contribution is -2.37. The fraction of sp³-hybridized carbons (Fsp3) is 0.450. The number of hydrogen-bond donors (Lipinski definition) is 2. The van der Waals surface area contributed by atoms with Crippen molar-refractivity contribution in [3.8, 4) is 0 Å². The molecule has 0 spiro atoms. The zero-order valence-corrected chi connectivity index (χ0v) is 16.1. The first-order valence-corrected chi connectivity index (χ1v) is 10.9. The van der Waals surface area contributed by atoms with E-state index in [1.165, 1.54) is 16.1 Å². The topological polar surface area (TPSA) is 82.5 Å². The maximum atomic E-state index is 12.6. The molecule has 0 saturated carbocycles. The molecule has 0 bridgehead atoms. The fourth-order valence-corrected chi connectivity index (χ4v) is 5.50. The van der Waals surface area contributed by atoms with E-state index < -0.39 is 15.6 Å². The second kappa shape index (κ2) is 7.22. The monoisotopic (exact) mass is 387 g/mol. The van der Waals surface area contributed by atoms with E-state index in [1.807, 2.05) is 18.2 Å². The van der Waals surface area contributed by atoms with Gasteiger partial charge in [0, 0.05) is 25.8 Å². The summed E-state index contributed by atoms with van der Waals surface area (Å²) in [6.07, 6.45) is 5.83. The molecule has 1 unspecified atom stereocenters. The number of fused-ring (bicyclic) bond motifs is 1. The zero-order chi connectivity index (χ0) is 18.9. The summed E-state index contributed by atoms with van der Waals surface area (Å²) in [5.74, 6) is 0.562. The number of nitrogens with zero attached hydrogens (tertiary/aromatic N) is 2. The first kappa shape index (κ1) is 18.4. The summed E-state index contributed by atoms with van der Waals surface area (Å²) in [7, 11) is -3.45. The minimum Gasteiger partial charge on any atom is -0.383 e. The summed E-state index contributed by atoms with van der Waals surface area (Å²) in [4.78, 5) is 4.48. The van der Waals surface area contributed by atoms with Crippen molar-refractivity contribution in [2.75, 3.05) is 25.0 Å². The van der Waals surface area contributed by atoms with Crippen LogP contribution in [0.3, 0.4) is 0 Å². The van der Waals surface area contributed by atoms with Gasteiger partial charge in [0.1, 0.15) is 16.3 Å². The summed E-state index contributed by atoms with van der Waals surface area (Å²) in [6, 6.07) is 11.2. The number of aromatic nitrogens is 1. The smallest absolute Gasteiger partial charge is 0.244 e. The van der Waals surface area contributed by atoms with Crippen LogP contribution in [0, 0.1) is 0 Å². The predicted octanol–water partition coefficient (Wildman–Crippen LogP) is 2.50. The quantitative estimate of drug-likeness (QED) is 0.824. The van der Waals surface area contributed by atoms with Crippen molar-refractivity contribution in [1.82, 2.24) is 9.29 Å². The number of aryl methyl sites for hydroxylation is 1. The Morgan fingerprint density at radius 1 is 1.11 bits per heavy atom. The van der Waals surface area contributed by atoms with Gasteiger partial charge < -0.3 is 10.4 Å². The van der Waals surface area contributed by atoms with Crippen molar-refractivity contribution in [2.45, 2.75) is 42.6 Å². The van der Waals surface area contributed by atoms with Gasteiger partial charge >= 0.3 is 0 Å². The normalized spacial score (nSPS) is 23.1. The molecule has 0 radical (unpaired) electrons. The summed E-state index contributed by atoms with van der Waals surface area (Å²) in [6.45, 7) is 1.50. The molecule has 2 N–H and O–H groups in total. The van der Waals surface area contributed by atoms with Crippen LogP contribution >= 0.6 is 0 Å². The van der Waals surface area contributed by atoms with Crippen molar-refractivity contribution in [2.24, 2.45) is 0 Å². The molecule has 2 aromatic rings. The maximum Gasteiger partial charge on any atom is 0.244 e. The lowest BCUT2D eigenvalue weighted by molar-refractivity contribution is 0.0322. The van der Waals surface area contributed by atoms with E-state index in [0.29, 0.717) is 31.9 Å². The van der Waals surface area contributed by atoms with Crippen LogP contribution in [-0.4, -0.2) is 42.4 Å². The molecule has 1 aliphatic heterocycles. The first-order valence-electron chi connectivity index (χ1n) is 9.50. The van der Waals surface area contributed by atoms with Crippen molar-refractivity contribution >= 4 is 15.8 Å². The molecule has 1 saturated heterocycles. The van der Waals surface area contributed by atoms with Crippen molar-refractivity contribution in [3.63, 3.8) is 0 Å². The lowest BCUT2D eigenvalue weighted by atomic mass is 9.79. The minimum atomic E-state index is -3.45. The molecule has 27 heavy (non-hydrogen) atoms. The molecule has 144 valence electrons. The van der Waals surface area contributed by atoms with E-state index in [-0.39, 0.29) is 4.90 Å². The molecule has 1 atom stereocenters. The predicted molar refractivity (Wildman–Crippen MR) is 104 cm³/mol. The van der Waals surface area contributed by atoms with Crippen LogP contribution in [0.25, 0.3) is 0 Å². The third kappa shape index (κ3) is 3.59. The van der Waals surface area contributed by atoms with Gasteiger partial charge in [0.15, 0.2) is 0 Å². The van der Waals surface area contributed by atoms with E-state index in [9.17, 15) is 13.5 Å². The fourth-order valence-electron chi connectivity index (χ4n) is 4.03. The molecule has 1 fully saturated rings. The third-order valence-electron chi connectivity index (χ3n) is 5.56. The molecular weight excluding hydrogens is 362 g/mol. The number of pyridine rings is 1. The van der Waals surface area contributed by atoms with Gasteiger partial charge in [-0.05, 0) is 55.4 Å². The van der Waals surface area contributed by atoms with Crippen LogP contribution in [0.15, 0.2) is 47.5 Å². The Morgan fingerprint density at radius 3 is 2.63 bits per heavy atom. The number of anilines is 1. The molecule has 4 rings (SSSR count). The second-order valence-electron chi connectivity index (χ2n) is 7.39. The van der Waals surface area contributed by atoms with E-state index in [1.54, 1.807) is 12.1 Å². The summed E-state index contributed by atoms with van der Waals surface area (Å²) >= 11 is 0. The minimum absolute atomic E-state index is 0.219. The highest BCUT2D eigenvalue weighted by Crippen LogP contribution is 2.35. The molecule has 0 amide bonds. The van der Waals surface area contributed by atoms with E-state index in [0.717, 1.165) is 31.2 Å². The van der Waals surface area contributed by atoms with E-state index in [2.05, 4.69) is 16.4 Å². The molecule has 2 aliphatic rings. The SMILES string of the molecule is O=S(=O)(c1ccc(NCC2(O)CCCc3ccccc32)nc1)N1CCCC1. The highest BCUT2D eigenvalue weighted by atomic mass is 32.2. The van der Waals surface area contributed by atoms with Crippen LogP contribution in [-0.2, 0) is 22.0 Å². The van der Waals surface area contributed by atoms with Crippen LogP contribution in [0.4, 0.5) is 5.82 Å². The van der Waals surface area contributed by atoms with Crippen LogP contribution in [0.2, 0.25) is 0 Å². The number of hydrogen-bond acceptors (Lipinski definition) is 5. The van der Waals surface area contributed by atoms with E-state index in [4.69, 9.17) is 0 Å². The second-order valence-corrected chi connectivity index (χ2v) is 9.32. The Hall–Kier alpha value is -1.96. The summed E-state index contributed by atoms with van der Waals surface area (Å²) in [5, 5.41) is 14.3. The first-order chi connectivity index (χ1) is 13.0. The van der Waals surface area contributed by atoms with Crippen LogP contribution < -0.4 is 5.32 Å². The van der Waals surface area contributed by atoms with Gasteiger partial charge in [-0.1, -0.05) is 24.3 Å². The molecule has 2 heterocycles. The molecule has 6 nitrogen and oxygen atoms in total. The van der Waals surface area contributed by atoms with Crippen LogP contribution in [0.1, 0.15) is 36.8 Å². The number of aliphatic hydroxyl groups is 1. The maximum absolute atomic E-state index is 12.6. The molecule has 7 heteroatoms. The van der Waals surface area contributed by atoms with Gasteiger partial charge in [0.25, 0.3) is 0 Å². The zero-order valence-electron chi connectivity index (χ0n) is 15.3. The Kier molecular flexibility index (Phi) is 4.92. The summed E-state index contributed by atoms with van der Waals surface area (Å²) < 4.78 is 26.6. The van der Waals surface area contributed by atoms with E-state index >= 15 is 0 Å². The Morgan fingerprint density at radius 2 is 1.89 bits per heavy atom. The molecule has 1 aromatic heterocycles. The molecule has 1 aromatic carbocycles. The number of nitrogens with one attached hydrogen (secondary N) is 1. The van der Waals surface area contributed by atoms with Crippen molar-refractivity contribution in [3.05, 3.63) is 53.7 Å². The van der Waals surface area contributed by atoms with Gasteiger partial charge in [-0.25, -0.2) is 13.4 Å². The Balaban J connectivity index is 1.47. The highest BCUT2D eigenvalue weighted by molar-refractivity contribution is 7.89. The van der Waals surface area contributed by atoms with Crippen molar-refractivity contribution in [1.29, 1.82) is 0 Å². The average molecular weight is 388 g/mol. The lowest BCUT2D eigenvalue weighted by Gasteiger charge is -2.34. The average Bonchev–Trinajstić information content (AvgIpc) is 3.23. The molecular formula is C20H25N3O3S. The van der Waals surface area contributed by atoms with Crippen LogP contribution in [0.5, 0.6) is 0 Å². The Labute approximate surface area is 160 Å². The third-order valence-corrected chi connectivity index (χ3v) is 7.44. The van der Waals surface area contributed by atoms with Gasteiger partial charge in [0.05, 0.1) is 0 Å². The number of rotatable bonds is 5. The summed E-state index contributed by atoms with van der Waals surface area (Å²) in [5.41, 5.74) is 1.22. The molecule has 1 aliphatic carbocycles. The van der Waals surface area contributed by atoms with Gasteiger partial charge in [-0.3, -0.25) is 0 Å². The largest absolute Gasteiger partial charge is 0.383 e. The highest BCUT2D eigenvalue weighted by Gasteiger charge is 2.34. The Bertz CT molecular complexity index is 908.